The van der Waals surface area contributed by atoms with Crippen molar-refractivity contribution < 1.29 is 14.6 Å². The predicted molar refractivity (Wildman–Crippen MR) is 85.6 cm³/mol. The van der Waals surface area contributed by atoms with E-state index in [1.165, 1.54) is 5.56 Å². The molecule has 1 atom stereocenters. The van der Waals surface area contributed by atoms with Crippen LogP contribution in [-0.2, 0) is 11.3 Å². The Bertz CT molecular complexity index is 409. The Labute approximate surface area is 128 Å². The molecule has 21 heavy (non-hydrogen) atoms. The molecule has 1 aromatic rings. The molecule has 0 aliphatic heterocycles. The Balaban J connectivity index is 2.53. The lowest BCUT2D eigenvalue weighted by molar-refractivity contribution is 0.0246. The van der Waals surface area contributed by atoms with Crippen LogP contribution in [-0.4, -0.2) is 49.5 Å². The largest absolute Gasteiger partial charge is 0.497 e. The summed E-state index contributed by atoms with van der Waals surface area (Å²) in [5, 5.41) is 10.0. The molecule has 0 heterocycles. The van der Waals surface area contributed by atoms with Crippen LogP contribution in [0.1, 0.15) is 18.9 Å². The summed E-state index contributed by atoms with van der Waals surface area (Å²) in [6.07, 6.45) is 2.25. The summed E-state index contributed by atoms with van der Waals surface area (Å²) in [4.78, 5) is 2.23. The van der Waals surface area contributed by atoms with Crippen LogP contribution in [0.25, 0.3) is 0 Å². The molecule has 1 aromatic carbocycles. The fraction of sp³-hybridized carbons (Fsp3) is 0.529. The van der Waals surface area contributed by atoms with Gasteiger partial charge < -0.3 is 14.6 Å². The van der Waals surface area contributed by atoms with Gasteiger partial charge in [-0.15, -0.1) is 6.58 Å². The van der Waals surface area contributed by atoms with Gasteiger partial charge in [-0.2, -0.15) is 0 Å². The number of hydrogen-bond donors (Lipinski definition) is 1. The Kier molecular flexibility index (Phi) is 8.74. The van der Waals surface area contributed by atoms with Crippen molar-refractivity contribution in [3.63, 3.8) is 0 Å². The summed E-state index contributed by atoms with van der Waals surface area (Å²) in [7, 11) is 1.67. The molecule has 0 bridgehead atoms. The molecular formula is C17H27NO3. The zero-order valence-electron chi connectivity index (χ0n) is 13.1. The molecule has 0 unspecified atom stereocenters. The third kappa shape index (κ3) is 7.27. The lowest BCUT2D eigenvalue weighted by atomic mass is 10.2. The molecule has 0 fully saturated rings. The standard InChI is InChI=1S/C17H27NO3/c1-4-9-18(13-16(19)14-21-10-5-2)12-15-7-6-8-17(11-15)20-3/h5-8,11,16,19H,2,4,9-10,12-14H2,1,3H3/t16-/m1/s1. The van der Waals surface area contributed by atoms with E-state index >= 15 is 0 Å². The topological polar surface area (TPSA) is 41.9 Å². The highest BCUT2D eigenvalue weighted by atomic mass is 16.5. The van der Waals surface area contributed by atoms with Crippen LogP contribution in [0.2, 0.25) is 0 Å². The van der Waals surface area contributed by atoms with Crippen LogP contribution in [0.15, 0.2) is 36.9 Å². The minimum atomic E-state index is -0.484. The molecule has 4 nitrogen and oxygen atoms in total. The fourth-order valence-electron chi connectivity index (χ4n) is 2.22. The maximum absolute atomic E-state index is 10.0. The van der Waals surface area contributed by atoms with Gasteiger partial charge in [0.15, 0.2) is 0 Å². The van der Waals surface area contributed by atoms with Crippen LogP contribution >= 0.6 is 0 Å². The molecule has 0 radical (unpaired) electrons. The summed E-state index contributed by atoms with van der Waals surface area (Å²) < 4.78 is 10.5. The van der Waals surface area contributed by atoms with Crippen LogP contribution in [0.3, 0.4) is 0 Å². The molecular weight excluding hydrogens is 266 g/mol. The van der Waals surface area contributed by atoms with Gasteiger partial charge in [-0.1, -0.05) is 25.1 Å². The summed E-state index contributed by atoms with van der Waals surface area (Å²) in [5.74, 6) is 0.860. The Morgan fingerprint density at radius 3 is 2.90 bits per heavy atom. The first kappa shape index (κ1) is 17.7. The van der Waals surface area contributed by atoms with E-state index in [0.717, 1.165) is 25.3 Å². The number of hydrogen-bond acceptors (Lipinski definition) is 4. The first-order chi connectivity index (χ1) is 10.2. The van der Waals surface area contributed by atoms with E-state index in [2.05, 4.69) is 24.5 Å². The van der Waals surface area contributed by atoms with E-state index < -0.39 is 6.10 Å². The highest BCUT2D eigenvalue weighted by Gasteiger charge is 2.12. The second-order valence-corrected chi connectivity index (χ2v) is 5.07. The van der Waals surface area contributed by atoms with Crippen molar-refractivity contribution in [2.45, 2.75) is 26.0 Å². The van der Waals surface area contributed by atoms with Crippen molar-refractivity contribution in [2.24, 2.45) is 0 Å². The summed E-state index contributed by atoms with van der Waals surface area (Å²) in [6, 6.07) is 8.03. The third-order valence-corrected chi connectivity index (χ3v) is 3.10. The van der Waals surface area contributed by atoms with E-state index in [-0.39, 0.29) is 0 Å². The van der Waals surface area contributed by atoms with E-state index in [1.807, 2.05) is 18.2 Å². The minimum absolute atomic E-state index is 0.338. The number of rotatable bonds is 11. The van der Waals surface area contributed by atoms with Crippen molar-refractivity contribution in [1.82, 2.24) is 4.90 Å². The van der Waals surface area contributed by atoms with Gasteiger partial charge in [-0.05, 0) is 30.7 Å². The van der Waals surface area contributed by atoms with Gasteiger partial charge in [-0.25, -0.2) is 0 Å². The second-order valence-electron chi connectivity index (χ2n) is 5.07. The number of aliphatic hydroxyl groups excluding tert-OH is 1. The Morgan fingerprint density at radius 1 is 1.43 bits per heavy atom. The molecule has 0 saturated heterocycles. The number of nitrogens with zero attached hydrogens (tertiary/aromatic N) is 1. The van der Waals surface area contributed by atoms with Gasteiger partial charge in [0.1, 0.15) is 5.75 Å². The summed E-state index contributed by atoms with van der Waals surface area (Å²) >= 11 is 0. The van der Waals surface area contributed by atoms with Crippen LogP contribution < -0.4 is 4.74 Å². The van der Waals surface area contributed by atoms with Crippen molar-refractivity contribution in [3.05, 3.63) is 42.5 Å². The Morgan fingerprint density at radius 2 is 2.24 bits per heavy atom. The fourth-order valence-corrected chi connectivity index (χ4v) is 2.22. The molecule has 0 aromatic heterocycles. The monoisotopic (exact) mass is 293 g/mol. The normalized spacial score (nSPS) is 12.4. The molecule has 0 aliphatic rings. The van der Waals surface area contributed by atoms with E-state index in [1.54, 1.807) is 13.2 Å². The number of ether oxygens (including phenoxy) is 2. The molecule has 0 aliphatic carbocycles. The molecule has 0 amide bonds. The van der Waals surface area contributed by atoms with Crippen molar-refractivity contribution in [2.75, 3.05) is 33.4 Å². The highest BCUT2D eigenvalue weighted by molar-refractivity contribution is 5.28. The third-order valence-electron chi connectivity index (χ3n) is 3.10. The number of benzene rings is 1. The Hall–Kier alpha value is -1.36. The van der Waals surface area contributed by atoms with Crippen LogP contribution in [0.4, 0.5) is 0 Å². The van der Waals surface area contributed by atoms with Crippen molar-refractivity contribution >= 4 is 0 Å². The zero-order valence-corrected chi connectivity index (χ0v) is 13.1. The molecule has 0 spiro atoms. The SMILES string of the molecule is C=CCOC[C@H](O)CN(CCC)Cc1cccc(OC)c1. The maximum Gasteiger partial charge on any atom is 0.119 e. The van der Waals surface area contributed by atoms with Gasteiger partial charge in [0.2, 0.25) is 0 Å². The van der Waals surface area contributed by atoms with Gasteiger partial charge in [-0.3, -0.25) is 4.90 Å². The van der Waals surface area contributed by atoms with Crippen LogP contribution in [0.5, 0.6) is 5.75 Å². The van der Waals surface area contributed by atoms with Gasteiger partial charge >= 0.3 is 0 Å². The van der Waals surface area contributed by atoms with Gasteiger partial charge in [0, 0.05) is 13.1 Å². The number of aliphatic hydroxyl groups is 1. The van der Waals surface area contributed by atoms with Crippen molar-refractivity contribution in [1.29, 1.82) is 0 Å². The predicted octanol–water partition coefficient (Wildman–Crippen LogP) is 2.47. The summed E-state index contributed by atoms with van der Waals surface area (Å²) in [5.41, 5.74) is 1.18. The zero-order chi connectivity index (χ0) is 15.5. The van der Waals surface area contributed by atoms with Crippen molar-refractivity contribution in [3.8, 4) is 5.75 Å². The first-order valence-electron chi connectivity index (χ1n) is 7.41. The second kappa shape index (κ2) is 10.4. The summed E-state index contributed by atoms with van der Waals surface area (Å²) in [6.45, 7) is 8.87. The van der Waals surface area contributed by atoms with Gasteiger partial charge in [0.25, 0.3) is 0 Å². The highest BCUT2D eigenvalue weighted by Crippen LogP contribution is 2.14. The van der Waals surface area contributed by atoms with Gasteiger partial charge in [0.05, 0.1) is 26.4 Å². The molecule has 1 N–H and O–H groups in total. The van der Waals surface area contributed by atoms with Crippen LogP contribution in [0, 0.1) is 0 Å². The molecule has 118 valence electrons. The van der Waals surface area contributed by atoms with E-state index in [0.29, 0.717) is 19.8 Å². The molecule has 0 saturated carbocycles. The quantitative estimate of drug-likeness (QED) is 0.503. The first-order valence-corrected chi connectivity index (χ1v) is 7.41. The average Bonchev–Trinajstić information content (AvgIpc) is 2.48. The molecule has 1 rings (SSSR count). The molecule has 4 heteroatoms. The smallest absolute Gasteiger partial charge is 0.119 e. The van der Waals surface area contributed by atoms with E-state index in [9.17, 15) is 5.11 Å². The average molecular weight is 293 g/mol. The lowest BCUT2D eigenvalue weighted by Gasteiger charge is -2.24. The minimum Gasteiger partial charge on any atom is -0.497 e. The maximum atomic E-state index is 10.0. The number of methoxy groups -OCH3 is 1. The van der Waals surface area contributed by atoms with E-state index in [4.69, 9.17) is 9.47 Å². The lowest BCUT2D eigenvalue weighted by Crippen LogP contribution is -2.35.